The molecule has 1 amide bonds. The van der Waals surface area contributed by atoms with Crippen LogP contribution in [0, 0.1) is 0 Å². The minimum atomic E-state index is -0.730. The molecular weight excluding hydrogens is 480 g/mol. The van der Waals surface area contributed by atoms with Crippen molar-refractivity contribution in [3.63, 3.8) is 0 Å². The smallest absolute Gasteiger partial charge is 0.341 e. The van der Waals surface area contributed by atoms with E-state index < -0.39 is 6.10 Å². The number of amides is 1. The van der Waals surface area contributed by atoms with Crippen LogP contribution in [0.15, 0.2) is 33.9 Å². The molecule has 0 radical (unpaired) electrons. The van der Waals surface area contributed by atoms with Crippen molar-refractivity contribution in [1.29, 1.82) is 0 Å². The Morgan fingerprint density at radius 1 is 1.35 bits per heavy atom. The summed E-state index contributed by atoms with van der Waals surface area (Å²) in [6, 6.07) is 7.73. The Morgan fingerprint density at radius 2 is 2.16 bits per heavy atom. The average molecular weight is 505 g/mol. The highest BCUT2D eigenvalue weighted by atomic mass is 79.9. The first-order valence-corrected chi connectivity index (χ1v) is 12.2. The maximum absolute atomic E-state index is 13.0. The van der Waals surface area contributed by atoms with E-state index in [0.29, 0.717) is 17.0 Å². The lowest BCUT2D eigenvalue weighted by Crippen LogP contribution is -2.28. The minimum Gasteiger partial charge on any atom is -0.459 e. The van der Waals surface area contributed by atoms with Crippen LogP contribution >= 0.6 is 27.3 Å². The summed E-state index contributed by atoms with van der Waals surface area (Å²) in [5.41, 5.74) is 3.18. The van der Waals surface area contributed by atoms with E-state index >= 15 is 0 Å². The van der Waals surface area contributed by atoms with Gasteiger partial charge in [-0.3, -0.25) is 4.79 Å². The van der Waals surface area contributed by atoms with E-state index in [-0.39, 0.29) is 18.0 Å². The second kappa shape index (κ2) is 9.53. The van der Waals surface area contributed by atoms with E-state index in [4.69, 9.17) is 9.57 Å². The fraction of sp³-hybridized carbons (Fsp3) is 0.435. The van der Waals surface area contributed by atoms with E-state index in [2.05, 4.69) is 26.4 Å². The first-order chi connectivity index (χ1) is 15.0. The van der Waals surface area contributed by atoms with Crippen LogP contribution in [-0.4, -0.2) is 29.8 Å². The van der Waals surface area contributed by atoms with Crippen LogP contribution in [-0.2, 0) is 27.2 Å². The quantitative estimate of drug-likeness (QED) is 0.528. The number of anilines is 1. The molecule has 0 saturated carbocycles. The summed E-state index contributed by atoms with van der Waals surface area (Å²) >= 11 is 4.93. The molecule has 1 aromatic heterocycles. The minimum absolute atomic E-state index is 0.172. The normalized spacial score (nSPS) is 18.5. The fourth-order valence-electron chi connectivity index (χ4n) is 3.74. The molecule has 2 atom stereocenters. The Kier molecular flexibility index (Phi) is 6.77. The van der Waals surface area contributed by atoms with Crippen molar-refractivity contribution >= 4 is 49.9 Å². The van der Waals surface area contributed by atoms with Gasteiger partial charge in [0.15, 0.2) is 0 Å². The number of oxime groups is 1. The lowest BCUT2D eigenvalue weighted by atomic mass is 9.95. The number of ether oxygens (including phenoxy) is 1. The molecule has 0 bridgehead atoms. The van der Waals surface area contributed by atoms with Crippen LogP contribution in [0.25, 0.3) is 0 Å². The van der Waals surface area contributed by atoms with E-state index in [1.54, 1.807) is 0 Å². The topological polar surface area (TPSA) is 77.0 Å². The zero-order chi connectivity index (χ0) is 22.0. The van der Waals surface area contributed by atoms with Gasteiger partial charge in [-0.2, -0.15) is 0 Å². The number of fused-ring (bicyclic) bond motifs is 1. The predicted octanol–water partition coefficient (Wildman–Crippen LogP) is 5.48. The first-order valence-electron chi connectivity index (χ1n) is 10.6. The van der Waals surface area contributed by atoms with Crippen molar-refractivity contribution in [2.24, 2.45) is 5.16 Å². The van der Waals surface area contributed by atoms with Crippen LogP contribution < -0.4 is 5.32 Å². The van der Waals surface area contributed by atoms with Gasteiger partial charge >= 0.3 is 5.97 Å². The number of carbonyl (C=O) groups is 2. The molecule has 8 heteroatoms. The molecule has 2 aliphatic rings. The summed E-state index contributed by atoms with van der Waals surface area (Å²) in [4.78, 5) is 32.5. The Hall–Kier alpha value is -2.19. The van der Waals surface area contributed by atoms with Crippen LogP contribution in [0.2, 0.25) is 0 Å². The highest BCUT2D eigenvalue weighted by Crippen LogP contribution is 2.39. The molecule has 1 aliphatic carbocycles. The number of aryl methyl sites for hydroxylation is 1. The number of thiophene rings is 1. The zero-order valence-corrected chi connectivity index (χ0v) is 20.0. The lowest BCUT2D eigenvalue weighted by molar-refractivity contribution is -0.125. The molecule has 0 saturated heterocycles. The number of esters is 1. The van der Waals surface area contributed by atoms with Crippen molar-refractivity contribution in [1.82, 2.24) is 0 Å². The molecular formula is C23H25BrN2O4S. The highest BCUT2D eigenvalue weighted by Gasteiger charge is 2.33. The Bertz CT molecular complexity index is 1030. The maximum Gasteiger partial charge on any atom is 0.341 e. The van der Waals surface area contributed by atoms with Crippen LogP contribution in [0.4, 0.5) is 5.00 Å². The molecule has 0 spiro atoms. The van der Waals surface area contributed by atoms with Gasteiger partial charge < -0.3 is 14.9 Å². The lowest BCUT2D eigenvalue weighted by Gasteiger charge is -2.15. The molecule has 164 valence electrons. The predicted molar refractivity (Wildman–Crippen MR) is 125 cm³/mol. The van der Waals surface area contributed by atoms with Gasteiger partial charge in [0.1, 0.15) is 5.00 Å². The summed E-state index contributed by atoms with van der Waals surface area (Å²) in [5, 5.41) is 7.61. The van der Waals surface area contributed by atoms with Crippen molar-refractivity contribution in [3.8, 4) is 0 Å². The number of rotatable bonds is 6. The largest absolute Gasteiger partial charge is 0.459 e. The van der Waals surface area contributed by atoms with Gasteiger partial charge in [-0.1, -0.05) is 40.1 Å². The molecule has 2 heterocycles. The Balaban J connectivity index is 1.51. The zero-order valence-electron chi connectivity index (χ0n) is 17.6. The number of carbonyl (C=O) groups excluding carboxylic acids is 2. The molecule has 4 rings (SSSR count). The van der Waals surface area contributed by atoms with E-state index in [1.807, 2.05) is 38.1 Å². The Labute approximate surface area is 194 Å². The van der Waals surface area contributed by atoms with Crippen LogP contribution in [0.3, 0.4) is 0 Å². The molecule has 1 aromatic carbocycles. The van der Waals surface area contributed by atoms with E-state index in [0.717, 1.165) is 58.3 Å². The standard InChI is InChI=1S/C23H25BrN2O4S/c1-3-13(2)29-23(28)20-16-9-4-5-10-19(16)31-22(20)25-21(27)18-12-17(26-30-18)14-7-6-8-15(24)11-14/h6-8,11,13,18H,3-5,9-10,12H2,1-2H3,(H,25,27). The van der Waals surface area contributed by atoms with Gasteiger partial charge in [0.2, 0.25) is 6.10 Å². The van der Waals surface area contributed by atoms with Crippen LogP contribution in [0.1, 0.15) is 65.9 Å². The monoisotopic (exact) mass is 504 g/mol. The van der Waals surface area contributed by atoms with Gasteiger partial charge in [0.25, 0.3) is 5.91 Å². The summed E-state index contributed by atoms with van der Waals surface area (Å²) in [6.07, 6.45) is 4.11. The third-order valence-electron chi connectivity index (χ3n) is 5.61. The number of halogens is 1. The van der Waals surface area contributed by atoms with Crippen molar-refractivity contribution < 1.29 is 19.2 Å². The number of nitrogens with one attached hydrogen (secondary N) is 1. The Morgan fingerprint density at radius 3 is 2.94 bits per heavy atom. The molecule has 2 unspecified atom stereocenters. The molecule has 2 aromatic rings. The second-order valence-electron chi connectivity index (χ2n) is 7.87. The van der Waals surface area contributed by atoms with Crippen molar-refractivity contribution in [2.45, 2.75) is 64.6 Å². The van der Waals surface area contributed by atoms with Crippen molar-refractivity contribution in [3.05, 3.63) is 50.3 Å². The third-order valence-corrected chi connectivity index (χ3v) is 7.31. The summed E-state index contributed by atoms with van der Waals surface area (Å²) in [6.45, 7) is 3.85. The maximum atomic E-state index is 13.0. The van der Waals surface area contributed by atoms with Crippen molar-refractivity contribution in [2.75, 3.05) is 5.32 Å². The average Bonchev–Trinajstić information content (AvgIpc) is 3.38. The summed E-state index contributed by atoms with van der Waals surface area (Å²) in [5.74, 6) is -0.660. The van der Waals surface area contributed by atoms with Crippen LogP contribution in [0.5, 0.6) is 0 Å². The van der Waals surface area contributed by atoms with Gasteiger partial charge in [-0.15, -0.1) is 11.3 Å². The number of hydrogen-bond acceptors (Lipinski definition) is 6. The number of hydrogen-bond donors (Lipinski definition) is 1. The first kappa shape index (κ1) is 22.0. The fourth-order valence-corrected chi connectivity index (χ4v) is 5.42. The molecule has 6 nitrogen and oxygen atoms in total. The van der Waals surface area contributed by atoms with E-state index in [9.17, 15) is 9.59 Å². The SMILES string of the molecule is CCC(C)OC(=O)c1c(NC(=O)C2CC(c3cccc(Br)c3)=NO2)sc2c1CCCC2. The molecule has 0 fully saturated rings. The summed E-state index contributed by atoms with van der Waals surface area (Å²) in [7, 11) is 0. The number of nitrogens with zero attached hydrogens (tertiary/aromatic N) is 1. The van der Waals surface area contributed by atoms with Gasteiger partial charge in [0.05, 0.1) is 17.4 Å². The third kappa shape index (κ3) is 4.85. The molecule has 1 aliphatic heterocycles. The van der Waals surface area contributed by atoms with Gasteiger partial charge in [0, 0.05) is 21.3 Å². The second-order valence-corrected chi connectivity index (χ2v) is 9.90. The molecule has 31 heavy (non-hydrogen) atoms. The summed E-state index contributed by atoms with van der Waals surface area (Å²) < 4.78 is 6.54. The highest BCUT2D eigenvalue weighted by molar-refractivity contribution is 9.10. The molecule has 1 N–H and O–H groups in total. The van der Waals surface area contributed by atoms with E-state index in [1.165, 1.54) is 11.3 Å². The van der Waals surface area contributed by atoms with Gasteiger partial charge in [-0.25, -0.2) is 4.79 Å². The number of benzene rings is 1. The van der Waals surface area contributed by atoms with Gasteiger partial charge in [-0.05, 0) is 56.7 Å².